The van der Waals surface area contributed by atoms with Crippen molar-refractivity contribution in [2.75, 3.05) is 6.61 Å². The van der Waals surface area contributed by atoms with Crippen LogP contribution in [0.2, 0.25) is 0 Å². The summed E-state index contributed by atoms with van der Waals surface area (Å²) in [5.41, 5.74) is 2.83. The topological polar surface area (TPSA) is 122 Å². The maximum absolute atomic E-state index is 6.31. The monoisotopic (exact) mass is 588 g/mol. The zero-order valence-electron chi connectivity index (χ0n) is 24.5. The first kappa shape index (κ1) is 25.5. The quantitative estimate of drug-likeness (QED) is 0.164. The van der Waals surface area contributed by atoms with Gasteiger partial charge in [0.05, 0.1) is 12.0 Å². The second-order valence-electron chi connectivity index (χ2n) is 11.3. The summed E-state index contributed by atoms with van der Waals surface area (Å²) < 4.78 is 6.31. The van der Waals surface area contributed by atoms with Gasteiger partial charge in [-0.25, -0.2) is 20.0 Å². The first-order valence-electron chi connectivity index (χ1n) is 15.2. The molecule has 4 N–H and O–H groups in total. The van der Waals surface area contributed by atoms with E-state index in [1.165, 1.54) is 0 Å². The van der Waals surface area contributed by atoms with Crippen molar-refractivity contribution >= 4 is 66.4 Å². The largest absolute Gasteiger partial charge is 0.493 e. The maximum atomic E-state index is 6.31. The number of aromatic amines is 4. The summed E-state index contributed by atoms with van der Waals surface area (Å²) in [4.78, 5) is 34.7. The van der Waals surface area contributed by atoms with E-state index in [-0.39, 0.29) is 0 Å². The Balaban J connectivity index is 1.45. The highest BCUT2D eigenvalue weighted by molar-refractivity contribution is 6.04. The van der Waals surface area contributed by atoms with Gasteiger partial charge in [-0.3, -0.25) is 0 Å². The molecule has 0 aliphatic carbocycles. The molecule has 0 atom stereocenters. The minimum absolute atomic E-state index is 0.624. The third kappa shape index (κ3) is 4.08. The number of hydrogen-bond acceptors (Lipinski definition) is 5. The molecule has 0 unspecified atom stereocenters. The van der Waals surface area contributed by atoms with E-state index in [1.54, 1.807) is 0 Å². The Labute approximate surface area is 255 Å². The van der Waals surface area contributed by atoms with Crippen LogP contribution in [0.3, 0.4) is 0 Å². The fraction of sp³-hybridized carbons (Fsp3) is 0.111. The predicted octanol–water partition coefficient (Wildman–Crippen LogP) is 6.91. The molecule has 1 aliphatic heterocycles. The lowest BCUT2D eigenvalue weighted by Gasteiger charge is -2.07. The molecule has 9 nitrogen and oxygen atoms in total. The number of nitrogens with one attached hydrogen (secondary N) is 4. The molecule has 0 saturated carbocycles. The van der Waals surface area contributed by atoms with E-state index < -0.39 is 0 Å². The number of H-pyrrole nitrogens is 4. The van der Waals surface area contributed by atoms with Gasteiger partial charge in [-0.1, -0.05) is 98.3 Å². The van der Waals surface area contributed by atoms with Gasteiger partial charge in [-0.2, -0.15) is 0 Å². The molecule has 8 aromatic rings. The van der Waals surface area contributed by atoms with Crippen LogP contribution in [0.5, 0.6) is 5.75 Å². The molecule has 4 aromatic heterocycles. The van der Waals surface area contributed by atoms with Gasteiger partial charge >= 0.3 is 0 Å². The Morgan fingerprint density at radius 1 is 0.467 bits per heavy atom. The average molecular weight is 589 g/mol. The van der Waals surface area contributed by atoms with Gasteiger partial charge < -0.3 is 24.7 Å². The van der Waals surface area contributed by atoms with Gasteiger partial charge in [-0.15, -0.1) is 0 Å². The van der Waals surface area contributed by atoms with Crippen LogP contribution in [0.25, 0.3) is 43.1 Å². The first-order valence-corrected chi connectivity index (χ1v) is 15.2. The molecule has 0 saturated heterocycles. The van der Waals surface area contributed by atoms with Crippen molar-refractivity contribution < 1.29 is 4.74 Å². The first-order chi connectivity index (χ1) is 22.2. The lowest BCUT2D eigenvalue weighted by Crippen LogP contribution is -2.10. The standard InChI is InChI=1S/C36H28N8O/c1-2-3-19-45-27-18-10-17-26-28(27)36-43-34-25-16-9-8-15-24(25)32(41-34)39-30-21-12-5-4-11-20(21)29(37-30)38-31-22-13-6-7-14-23(22)33(40-31)42-35(26)44-36/h4-18H,2-3,19H2,1H3,(H4,37,38,39,40,41,42,43,44). The van der Waals surface area contributed by atoms with Crippen molar-refractivity contribution in [3.8, 4) is 5.75 Å². The summed E-state index contributed by atoms with van der Waals surface area (Å²) in [6.07, 6.45) is 2.01. The van der Waals surface area contributed by atoms with Crippen molar-refractivity contribution in [3.05, 3.63) is 113 Å². The highest BCUT2D eigenvalue weighted by atomic mass is 16.5. The Morgan fingerprint density at radius 3 is 1.40 bits per heavy atom. The number of unbranched alkanes of at least 4 members (excludes halogenated alkanes) is 1. The SMILES string of the molecule is CCCCOc1cccc2c3[nH]c(c12)N=c1[nH]c(c2ccccc12)=Nc1[nH]c(c2ccccc12)N=c1[nH]c(c2ccccc12)=N3. The smallest absolute Gasteiger partial charge is 0.145 e. The summed E-state index contributed by atoms with van der Waals surface area (Å²) >= 11 is 0. The number of benzene rings is 4. The fourth-order valence-electron chi connectivity index (χ4n) is 6.24. The molecule has 9 rings (SSSR count). The average Bonchev–Trinajstić information content (AvgIpc) is 3.81. The van der Waals surface area contributed by atoms with Crippen molar-refractivity contribution in [3.63, 3.8) is 0 Å². The van der Waals surface area contributed by atoms with Crippen LogP contribution in [-0.2, 0) is 0 Å². The second kappa shape index (κ2) is 10.1. The van der Waals surface area contributed by atoms with Crippen LogP contribution in [-0.4, -0.2) is 26.5 Å². The van der Waals surface area contributed by atoms with Crippen molar-refractivity contribution in [2.45, 2.75) is 19.8 Å². The van der Waals surface area contributed by atoms with E-state index in [9.17, 15) is 0 Å². The van der Waals surface area contributed by atoms with E-state index in [0.29, 0.717) is 40.2 Å². The zero-order chi connectivity index (χ0) is 29.9. The van der Waals surface area contributed by atoms with E-state index in [1.807, 2.05) is 48.5 Å². The Kier molecular flexibility index (Phi) is 5.71. The Bertz CT molecular complexity index is 2680. The van der Waals surface area contributed by atoms with Crippen LogP contribution in [0.1, 0.15) is 19.8 Å². The van der Waals surface area contributed by atoms with Gasteiger partial charge in [0.15, 0.2) is 0 Å². The molecule has 9 heteroatoms. The number of ether oxygens (including phenoxy) is 1. The Morgan fingerprint density at radius 2 is 0.889 bits per heavy atom. The number of aromatic nitrogens is 4. The Hall–Kier alpha value is -5.96. The van der Waals surface area contributed by atoms with Crippen molar-refractivity contribution in [1.29, 1.82) is 0 Å². The van der Waals surface area contributed by atoms with Gasteiger partial charge in [0.2, 0.25) is 0 Å². The highest BCUT2D eigenvalue weighted by Gasteiger charge is 2.17. The predicted molar refractivity (Wildman–Crippen MR) is 177 cm³/mol. The van der Waals surface area contributed by atoms with E-state index in [0.717, 1.165) is 73.3 Å². The lowest BCUT2D eigenvalue weighted by molar-refractivity contribution is 0.313. The van der Waals surface area contributed by atoms with Crippen LogP contribution < -0.4 is 26.7 Å². The minimum Gasteiger partial charge on any atom is -0.493 e. The zero-order valence-corrected chi connectivity index (χ0v) is 24.5. The van der Waals surface area contributed by atoms with Gasteiger partial charge in [0.1, 0.15) is 51.0 Å². The van der Waals surface area contributed by atoms with Crippen LogP contribution >= 0.6 is 0 Å². The summed E-state index contributed by atoms with van der Waals surface area (Å²) in [6.45, 7) is 2.78. The summed E-state index contributed by atoms with van der Waals surface area (Å²) in [5.74, 6) is 3.55. The summed E-state index contributed by atoms with van der Waals surface area (Å²) in [6, 6.07) is 30.5. The third-order valence-corrected chi connectivity index (χ3v) is 8.43. The van der Waals surface area contributed by atoms with E-state index in [4.69, 9.17) is 24.7 Å². The van der Waals surface area contributed by atoms with Crippen molar-refractivity contribution in [2.24, 2.45) is 20.0 Å². The molecule has 8 bridgehead atoms. The van der Waals surface area contributed by atoms with Crippen LogP contribution in [0.4, 0.5) is 23.3 Å². The molecule has 1 aliphatic rings. The third-order valence-electron chi connectivity index (χ3n) is 8.43. The molecular weight excluding hydrogens is 560 g/mol. The fourth-order valence-corrected chi connectivity index (χ4v) is 6.24. The number of hydrogen-bond donors (Lipinski definition) is 4. The molecule has 218 valence electrons. The second-order valence-corrected chi connectivity index (χ2v) is 11.3. The van der Waals surface area contributed by atoms with Gasteiger partial charge in [0.25, 0.3) is 0 Å². The van der Waals surface area contributed by atoms with Gasteiger partial charge in [-0.05, 0) is 12.5 Å². The molecule has 0 radical (unpaired) electrons. The van der Waals surface area contributed by atoms with Gasteiger partial charge in [0, 0.05) is 37.7 Å². The molecule has 45 heavy (non-hydrogen) atoms. The summed E-state index contributed by atoms with van der Waals surface area (Å²) in [7, 11) is 0. The van der Waals surface area contributed by atoms with Crippen LogP contribution in [0.15, 0.2) is 111 Å². The minimum atomic E-state index is 0.624. The molecule has 0 amide bonds. The molecule has 4 aromatic carbocycles. The number of rotatable bonds is 4. The summed E-state index contributed by atoms with van der Waals surface area (Å²) in [5, 5.41) is 7.64. The molecule has 0 fully saturated rings. The number of nitrogens with zero attached hydrogens (tertiary/aromatic N) is 4. The maximum Gasteiger partial charge on any atom is 0.145 e. The highest BCUT2D eigenvalue weighted by Crippen LogP contribution is 2.40. The normalized spacial score (nSPS) is 12.6. The number of fused-ring (bicyclic) bond motifs is 20. The molecule has 0 spiro atoms. The molecule has 5 heterocycles. The lowest BCUT2D eigenvalue weighted by atomic mass is 10.2. The van der Waals surface area contributed by atoms with E-state index in [2.05, 4.69) is 69.3 Å². The van der Waals surface area contributed by atoms with E-state index >= 15 is 0 Å². The molecular formula is C36H28N8O. The van der Waals surface area contributed by atoms with Crippen LogP contribution in [0, 0.1) is 0 Å². The van der Waals surface area contributed by atoms with Crippen molar-refractivity contribution in [1.82, 2.24) is 19.9 Å².